The van der Waals surface area contributed by atoms with Gasteiger partial charge >= 0.3 is 0 Å². The monoisotopic (exact) mass is 387 g/mol. The SMILES string of the molecule is Cc1ccc(C(C)(C)CNS(=O)(=O)c2ccc3c(c2)CCCC(=O)N3)nc1. The van der Waals surface area contributed by atoms with E-state index in [2.05, 4.69) is 15.0 Å². The predicted octanol–water partition coefficient (Wildman–Crippen LogP) is 2.92. The molecule has 0 radical (unpaired) electrons. The summed E-state index contributed by atoms with van der Waals surface area (Å²) in [6.07, 6.45) is 3.62. The van der Waals surface area contributed by atoms with Crippen molar-refractivity contribution in [3.63, 3.8) is 0 Å². The Labute approximate surface area is 160 Å². The summed E-state index contributed by atoms with van der Waals surface area (Å²) >= 11 is 0. The van der Waals surface area contributed by atoms with Crippen LogP contribution in [-0.2, 0) is 26.7 Å². The number of rotatable bonds is 5. The van der Waals surface area contributed by atoms with Crippen LogP contribution < -0.4 is 10.0 Å². The van der Waals surface area contributed by atoms with Gasteiger partial charge in [0.25, 0.3) is 0 Å². The molecule has 0 atom stereocenters. The van der Waals surface area contributed by atoms with E-state index in [0.29, 0.717) is 24.9 Å². The normalized spacial score (nSPS) is 15.0. The summed E-state index contributed by atoms with van der Waals surface area (Å²) in [5.41, 5.74) is 3.00. The Kier molecular flexibility index (Phi) is 5.35. The number of hydrogen-bond donors (Lipinski definition) is 2. The zero-order valence-corrected chi connectivity index (χ0v) is 16.7. The molecule has 2 heterocycles. The molecule has 6 nitrogen and oxygen atoms in total. The molecule has 0 saturated heterocycles. The van der Waals surface area contributed by atoms with Gasteiger partial charge in [0.05, 0.1) is 4.90 Å². The number of fused-ring (bicyclic) bond motifs is 1. The van der Waals surface area contributed by atoms with Crippen LogP contribution in [0.5, 0.6) is 0 Å². The highest BCUT2D eigenvalue weighted by molar-refractivity contribution is 7.89. The summed E-state index contributed by atoms with van der Waals surface area (Å²) in [5.74, 6) is -0.0326. The molecule has 1 aromatic heterocycles. The molecule has 2 aromatic rings. The molecule has 1 aliphatic rings. The summed E-state index contributed by atoms with van der Waals surface area (Å²) in [6.45, 7) is 6.12. The van der Waals surface area contributed by atoms with Crippen molar-refractivity contribution in [1.29, 1.82) is 0 Å². The Bertz CT molecular complexity index is 951. The van der Waals surface area contributed by atoms with Crippen molar-refractivity contribution < 1.29 is 13.2 Å². The quantitative estimate of drug-likeness (QED) is 0.826. The highest BCUT2D eigenvalue weighted by atomic mass is 32.2. The van der Waals surface area contributed by atoms with Crippen molar-refractivity contribution in [2.24, 2.45) is 0 Å². The van der Waals surface area contributed by atoms with Crippen molar-refractivity contribution in [2.75, 3.05) is 11.9 Å². The zero-order chi connectivity index (χ0) is 19.7. The third-order valence-corrected chi connectivity index (χ3v) is 6.22. The maximum absolute atomic E-state index is 12.8. The second kappa shape index (κ2) is 7.40. The lowest BCUT2D eigenvalue weighted by Crippen LogP contribution is -2.37. The van der Waals surface area contributed by atoms with Crippen molar-refractivity contribution >= 4 is 21.6 Å². The second-order valence-corrected chi connectivity index (χ2v) is 9.42. The smallest absolute Gasteiger partial charge is 0.240 e. The predicted molar refractivity (Wildman–Crippen MR) is 105 cm³/mol. The molecule has 0 unspecified atom stereocenters. The molecule has 0 saturated carbocycles. The van der Waals surface area contributed by atoms with Crippen molar-refractivity contribution in [1.82, 2.24) is 9.71 Å². The summed E-state index contributed by atoms with van der Waals surface area (Å²) < 4.78 is 28.3. The van der Waals surface area contributed by atoms with E-state index in [1.165, 1.54) is 6.07 Å². The number of sulfonamides is 1. The number of aromatic nitrogens is 1. The van der Waals surface area contributed by atoms with Gasteiger partial charge in [0.2, 0.25) is 15.9 Å². The first kappa shape index (κ1) is 19.5. The van der Waals surface area contributed by atoms with E-state index < -0.39 is 15.4 Å². The van der Waals surface area contributed by atoms with Crippen LogP contribution in [-0.4, -0.2) is 25.9 Å². The molecule has 0 fully saturated rings. The first-order valence-electron chi connectivity index (χ1n) is 9.03. The van der Waals surface area contributed by atoms with Crippen LogP contribution in [0.1, 0.15) is 43.5 Å². The Balaban J connectivity index is 1.78. The molecule has 0 bridgehead atoms. The van der Waals surface area contributed by atoms with Gasteiger partial charge in [0.1, 0.15) is 0 Å². The van der Waals surface area contributed by atoms with Gasteiger partial charge in [-0.2, -0.15) is 0 Å². The average molecular weight is 388 g/mol. The van der Waals surface area contributed by atoms with Crippen LogP contribution in [0.25, 0.3) is 0 Å². The fourth-order valence-corrected chi connectivity index (χ4v) is 4.30. The van der Waals surface area contributed by atoms with E-state index in [1.54, 1.807) is 18.3 Å². The number of carbonyl (C=O) groups excluding carboxylic acids is 1. The number of anilines is 1. The molecule has 1 aromatic carbocycles. The molecule has 1 amide bonds. The zero-order valence-electron chi connectivity index (χ0n) is 15.9. The Hall–Kier alpha value is -2.25. The van der Waals surface area contributed by atoms with Crippen molar-refractivity contribution in [2.45, 2.75) is 50.3 Å². The van der Waals surface area contributed by atoms with Gasteiger partial charge in [0, 0.05) is 36.0 Å². The lowest BCUT2D eigenvalue weighted by Gasteiger charge is -2.24. The molecule has 27 heavy (non-hydrogen) atoms. The standard InChI is InChI=1S/C20H25N3O3S/c1-14-7-10-18(21-12-14)20(2,3)13-22-27(25,26)16-8-9-17-15(11-16)5-4-6-19(24)23-17/h7-12,22H,4-6,13H2,1-3H3,(H,23,24). The topological polar surface area (TPSA) is 88.2 Å². The van der Waals surface area contributed by atoms with E-state index in [0.717, 1.165) is 16.8 Å². The van der Waals surface area contributed by atoms with Crippen LogP contribution in [0, 0.1) is 6.92 Å². The van der Waals surface area contributed by atoms with Gasteiger partial charge in [-0.05, 0) is 55.2 Å². The highest BCUT2D eigenvalue weighted by Gasteiger charge is 2.26. The summed E-state index contributed by atoms with van der Waals surface area (Å²) in [5, 5.41) is 2.82. The van der Waals surface area contributed by atoms with Gasteiger partial charge in [-0.1, -0.05) is 19.9 Å². The van der Waals surface area contributed by atoms with Crippen molar-refractivity contribution in [3.8, 4) is 0 Å². The second-order valence-electron chi connectivity index (χ2n) is 7.65. The lowest BCUT2D eigenvalue weighted by atomic mass is 9.89. The van der Waals surface area contributed by atoms with Gasteiger partial charge in [0.15, 0.2) is 0 Å². The molecule has 3 rings (SSSR count). The minimum atomic E-state index is -3.66. The number of pyridine rings is 1. The largest absolute Gasteiger partial charge is 0.326 e. The fraction of sp³-hybridized carbons (Fsp3) is 0.400. The van der Waals surface area contributed by atoms with E-state index in [1.807, 2.05) is 32.9 Å². The number of benzene rings is 1. The molecule has 144 valence electrons. The molecular weight excluding hydrogens is 362 g/mol. The van der Waals surface area contributed by atoms with Crippen molar-refractivity contribution in [3.05, 3.63) is 53.3 Å². The molecule has 0 spiro atoms. The van der Waals surface area contributed by atoms with Crippen LogP contribution in [0.2, 0.25) is 0 Å². The number of nitrogens with one attached hydrogen (secondary N) is 2. The Morgan fingerprint density at radius 3 is 2.67 bits per heavy atom. The summed E-state index contributed by atoms with van der Waals surface area (Å²) in [6, 6.07) is 8.75. The summed E-state index contributed by atoms with van der Waals surface area (Å²) in [4.78, 5) is 16.3. The number of hydrogen-bond acceptors (Lipinski definition) is 4. The van der Waals surface area contributed by atoms with Gasteiger partial charge in [-0.15, -0.1) is 0 Å². The Morgan fingerprint density at radius 2 is 1.96 bits per heavy atom. The third kappa shape index (κ3) is 4.54. The lowest BCUT2D eigenvalue weighted by molar-refractivity contribution is -0.116. The third-order valence-electron chi connectivity index (χ3n) is 4.82. The molecule has 1 aliphatic heterocycles. The molecule has 2 N–H and O–H groups in total. The maximum atomic E-state index is 12.8. The number of amides is 1. The van der Waals surface area contributed by atoms with Crippen LogP contribution in [0.3, 0.4) is 0 Å². The number of carbonyl (C=O) groups is 1. The van der Waals surface area contributed by atoms with E-state index in [9.17, 15) is 13.2 Å². The number of nitrogens with zero attached hydrogens (tertiary/aromatic N) is 1. The van der Waals surface area contributed by atoms with Crippen LogP contribution in [0.15, 0.2) is 41.4 Å². The maximum Gasteiger partial charge on any atom is 0.240 e. The minimum absolute atomic E-state index is 0.0326. The summed E-state index contributed by atoms with van der Waals surface area (Å²) in [7, 11) is -3.66. The highest BCUT2D eigenvalue weighted by Crippen LogP contribution is 2.26. The molecule has 0 aliphatic carbocycles. The van der Waals surface area contributed by atoms with E-state index in [-0.39, 0.29) is 17.3 Å². The average Bonchev–Trinajstić information content (AvgIpc) is 2.80. The first-order chi connectivity index (χ1) is 12.7. The van der Waals surface area contributed by atoms with Gasteiger partial charge in [-0.25, -0.2) is 13.1 Å². The van der Waals surface area contributed by atoms with Crippen LogP contribution in [0.4, 0.5) is 5.69 Å². The van der Waals surface area contributed by atoms with Crippen LogP contribution >= 0.6 is 0 Å². The van der Waals surface area contributed by atoms with E-state index in [4.69, 9.17) is 0 Å². The van der Waals surface area contributed by atoms with Gasteiger partial charge in [-0.3, -0.25) is 9.78 Å². The fourth-order valence-electron chi connectivity index (χ4n) is 3.04. The van der Waals surface area contributed by atoms with E-state index >= 15 is 0 Å². The molecular formula is C20H25N3O3S. The van der Waals surface area contributed by atoms with Gasteiger partial charge < -0.3 is 5.32 Å². The Morgan fingerprint density at radius 1 is 1.19 bits per heavy atom. The number of aryl methyl sites for hydroxylation is 2. The molecule has 7 heteroatoms. The minimum Gasteiger partial charge on any atom is -0.326 e. The first-order valence-corrected chi connectivity index (χ1v) is 10.5.